The zero-order valence-electron chi connectivity index (χ0n) is 17.4. The highest BCUT2D eigenvalue weighted by atomic mass is 16.3. The Bertz CT molecular complexity index is 1180. The Labute approximate surface area is 176 Å². The fourth-order valence-corrected chi connectivity index (χ4v) is 5.19. The van der Waals surface area contributed by atoms with E-state index in [-0.39, 0.29) is 22.6 Å². The molecule has 0 saturated heterocycles. The van der Waals surface area contributed by atoms with Crippen LogP contribution in [0.1, 0.15) is 43.9 Å². The number of amides is 1. The van der Waals surface area contributed by atoms with Crippen LogP contribution in [0.5, 0.6) is 5.75 Å². The molecule has 0 aromatic heterocycles. The summed E-state index contributed by atoms with van der Waals surface area (Å²) in [6.07, 6.45) is 0.818. The first-order chi connectivity index (χ1) is 14.3. The fraction of sp³-hybridized carbons (Fsp3) is 0.231. The molecule has 3 aromatic rings. The molecule has 0 saturated carbocycles. The van der Waals surface area contributed by atoms with Crippen LogP contribution in [0.2, 0.25) is 0 Å². The first-order valence-electron chi connectivity index (χ1n) is 10.2. The highest BCUT2D eigenvalue weighted by Gasteiger charge is 2.52. The third-order valence-corrected chi connectivity index (χ3v) is 6.41. The van der Waals surface area contributed by atoms with Crippen LogP contribution < -0.4 is 4.90 Å². The molecule has 2 aliphatic rings. The van der Waals surface area contributed by atoms with E-state index in [1.807, 2.05) is 23.1 Å². The van der Waals surface area contributed by atoms with E-state index in [0.717, 1.165) is 23.2 Å². The molecule has 1 amide bonds. The largest absolute Gasteiger partial charge is 0.508 e. The van der Waals surface area contributed by atoms with Crippen LogP contribution in [0.15, 0.2) is 77.8 Å². The molecule has 150 valence electrons. The zero-order valence-corrected chi connectivity index (χ0v) is 17.4. The van der Waals surface area contributed by atoms with Crippen molar-refractivity contribution in [3.63, 3.8) is 0 Å². The molecule has 1 atom stereocenters. The molecule has 0 radical (unpaired) electrons. The predicted molar refractivity (Wildman–Crippen MR) is 120 cm³/mol. The molecule has 0 fully saturated rings. The van der Waals surface area contributed by atoms with E-state index < -0.39 is 0 Å². The van der Waals surface area contributed by atoms with Gasteiger partial charge in [-0.25, -0.2) is 4.99 Å². The second-order valence-corrected chi connectivity index (χ2v) is 9.01. The summed E-state index contributed by atoms with van der Waals surface area (Å²) in [4.78, 5) is 20.2. The fourth-order valence-electron chi connectivity index (χ4n) is 5.19. The molecule has 2 heterocycles. The van der Waals surface area contributed by atoms with E-state index in [2.05, 4.69) is 56.1 Å². The van der Waals surface area contributed by atoms with Crippen LogP contribution in [-0.2, 0) is 10.2 Å². The van der Waals surface area contributed by atoms with Gasteiger partial charge in [-0.3, -0.25) is 4.79 Å². The lowest BCUT2D eigenvalue weighted by Crippen LogP contribution is -2.54. The molecule has 4 nitrogen and oxygen atoms in total. The number of rotatable bonds is 2. The second-order valence-electron chi connectivity index (χ2n) is 9.01. The summed E-state index contributed by atoms with van der Waals surface area (Å²) in [6.45, 7) is 6.54. The van der Waals surface area contributed by atoms with Crippen molar-refractivity contribution in [2.45, 2.75) is 38.1 Å². The summed E-state index contributed by atoms with van der Waals surface area (Å²) in [5.41, 5.74) is 4.80. The number of benzene rings is 3. The summed E-state index contributed by atoms with van der Waals surface area (Å²) in [6, 6.07) is 23.3. The number of anilines is 1. The first-order valence-corrected chi connectivity index (χ1v) is 10.2. The van der Waals surface area contributed by atoms with Crippen LogP contribution in [0.3, 0.4) is 0 Å². The highest BCUT2D eigenvalue weighted by Crippen LogP contribution is 2.53. The molecule has 0 unspecified atom stereocenters. The standard InChI is InChI=1S/C26H24N2O2/c1-25(2)16-26(3,17-8-5-4-6-9-17)21-11-7-10-20-22(24(30)28(25)23(20)21)27-18-12-14-19(29)15-13-18/h4-15,29H,16H2,1-3H3/t26-/m1/s1. The molecule has 5 rings (SSSR count). The van der Waals surface area contributed by atoms with Gasteiger partial charge in [0.05, 0.1) is 11.4 Å². The van der Waals surface area contributed by atoms with Crippen molar-refractivity contribution in [2.75, 3.05) is 4.90 Å². The number of carbonyl (C=O) groups is 1. The molecule has 3 aromatic carbocycles. The summed E-state index contributed by atoms with van der Waals surface area (Å²) in [5.74, 6) is 0.115. The minimum Gasteiger partial charge on any atom is -0.508 e. The van der Waals surface area contributed by atoms with Gasteiger partial charge in [0.1, 0.15) is 11.5 Å². The minimum atomic E-state index is -0.364. The average Bonchev–Trinajstić information content (AvgIpc) is 3.01. The molecule has 2 aliphatic heterocycles. The van der Waals surface area contributed by atoms with Crippen molar-refractivity contribution in [1.82, 2.24) is 0 Å². The number of hydrogen-bond donors (Lipinski definition) is 1. The predicted octanol–water partition coefficient (Wildman–Crippen LogP) is 5.35. The molecular formula is C26H24N2O2. The van der Waals surface area contributed by atoms with Crippen LogP contribution in [0.4, 0.5) is 11.4 Å². The van der Waals surface area contributed by atoms with E-state index in [1.165, 1.54) is 5.56 Å². The van der Waals surface area contributed by atoms with Crippen molar-refractivity contribution in [3.05, 3.63) is 89.5 Å². The van der Waals surface area contributed by atoms with Gasteiger partial charge in [-0.15, -0.1) is 0 Å². The van der Waals surface area contributed by atoms with E-state index in [1.54, 1.807) is 24.3 Å². The summed E-state index contributed by atoms with van der Waals surface area (Å²) >= 11 is 0. The molecule has 1 N–H and O–H groups in total. The third kappa shape index (κ3) is 2.60. The molecule has 0 aliphatic carbocycles. The van der Waals surface area contributed by atoms with E-state index in [0.29, 0.717) is 11.4 Å². The Morgan fingerprint density at radius 3 is 2.30 bits per heavy atom. The minimum absolute atomic E-state index is 0.0642. The SMILES string of the molecule is CC1(C)C[C@](C)(c2ccccc2)c2cccc3c2N1C(=O)C3=Nc1ccc(O)cc1. The highest BCUT2D eigenvalue weighted by molar-refractivity contribution is 6.55. The van der Waals surface area contributed by atoms with Crippen molar-refractivity contribution in [2.24, 2.45) is 4.99 Å². The molecule has 0 spiro atoms. The lowest BCUT2D eigenvalue weighted by atomic mass is 9.65. The van der Waals surface area contributed by atoms with Gasteiger partial charge in [0.2, 0.25) is 0 Å². The number of hydrogen-bond acceptors (Lipinski definition) is 3. The Hall–Kier alpha value is -3.40. The average molecular weight is 396 g/mol. The Morgan fingerprint density at radius 2 is 1.60 bits per heavy atom. The number of phenolic OH excluding ortho intramolecular Hbond substituents is 1. The van der Waals surface area contributed by atoms with Crippen molar-refractivity contribution < 1.29 is 9.90 Å². The lowest BCUT2D eigenvalue weighted by molar-refractivity contribution is -0.113. The number of aromatic hydroxyl groups is 1. The van der Waals surface area contributed by atoms with Crippen molar-refractivity contribution in [1.29, 1.82) is 0 Å². The zero-order chi connectivity index (χ0) is 21.1. The summed E-state index contributed by atoms with van der Waals surface area (Å²) < 4.78 is 0. The Morgan fingerprint density at radius 1 is 0.900 bits per heavy atom. The van der Waals surface area contributed by atoms with Gasteiger partial charge in [0.15, 0.2) is 0 Å². The maximum Gasteiger partial charge on any atom is 0.278 e. The second kappa shape index (κ2) is 6.30. The van der Waals surface area contributed by atoms with Gasteiger partial charge in [-0.05, 0) is 55.7 Å². The van der Waals surface area contributed by atoms with E-state index in [4.69, 9.17) is 0 Å². The van der Waals surface area contributed by atoms with Crippen LogP contribution in [-0.4, -0.2) is 22.3 Å². The molecule has 0 bridgehead atoms. The number of carbonyl (C=O) groups excluding carboxylic acids is 1. The van der Waals surface area contributed by atoms with Gasteiger partial charge in [0, 0.05) is 16.5 Å². The maximum absolute atomic E-state index is 13.6. The van der Waals surface area contributed by atoms with Crippen molar-refractivity contribution in [3.8, 4) is 5.75 Å². The summed E-state index contributed by atoms with van der Waals surface area (Å²) in [5, 5.41) is 9.56. The maximum atomic E-state index is 13.6. The van der Waals surface area contributed by atoms with E-state index >= 15 is 0 Å². The first kappa shape index (κ1) is 18.6. The number of nitrogens with zero attached hydrogens (tertiary/aromatic N) is 2. The third-order valence-electron chi connectivity index (χ3n) is 6.41. The number of para-hydroxylation sites is 1. The molecular weight excluding hydrogens is 372 g/mol. The molecule has 30 heavy (non-hydrogen) atoms. The van der Waals surface area contributed by atoms with E-state index in [9.17, 15) is 9.90 Å². The lowest BCUT2D eigenvalue weighted by Gasteiger charge is -2.49. The van der Waals surface area contributed by atoms with Crippen LogP contribution in [0, 0.1) is 0 Å². The molecule has 4 heteroatoms. The van der Waals surface area contributed by atoms with Gasteiger partial charge >= 0.3 is 0 Å². The van der Waals surface area contributed by atoms with Gasteiger partial charge in [-0.1, -0.05) is 55.5 Å². The topological polar surface area (TPSA) is 52.9 Å². The number of phenols is 1. The van der Waals surface area contributed by atoms with Gasteiger partial charge in [0.25, 0.3) is 5.91 Å². The number of aliphatic imine (C=N–C) groups is 1. The Balaban J connectivity index is 1.75. The summed E-state index contributed by atoms with van der Waals surface area (Å²) in [7, 11) is 0. The normalized spacial score (nSPS) is 23.0. The van der Waals surface area contributed by atoms with Gasteiger partial charge < -0.3 is 10.0 Å². The smallest absolute Gasteiger partial charge is 0.278 e. The van der Waals surface area contributed by atoms with Crippen LogP contribution in [0.25, 0.3) is 0 Å². The van der Waals surface area contributed by atoms with Crippen molar-refractivity contribution >= 4 is 23.0 Å². The van der Waals surface area contributed by atoms with Gasteiger partial charge in [-0.2, -0.15) is 0 Å². The Kier molecular flexibility index (Phi) is 3.91. The monoisotopic (exact) mass is 396 g/mol. The van der Waals surface area contributed by atoms with Crippen LogP contribution >= 0.6 is 0 Å². The quantitative estimate of drug-likeness (QED) is 0.635.